The van der Waals surface area contributed by atoms with Crippen LogP contribution >= 0.6 is 11.6 Å². The number of nitrogens with zero attached hydrogens (tertiary/aromatic N) is 1. The predicted octanol–water partition coefficient (Wildman–Crippen LogP) is 2.85. The Kier molecular flexibility index (Phi) is 4.49. The fraction of sp³-hybridized carbons (Fsp3) is 0.625. The zero-order valence-electron chi connectivity index (χ0n) is 12.1. The number of hydrogen-bond donors (Lipinski definition) is 1. The lowest BCUT2D eigenvalue weighted by atomic mass is 10.0. The summed E-state index contributed by atoms with van der Waals surface area (Å²) in [6.45, 7) is 3.89. The van der Waals surface area contributed by atoms with E-state index in [0.29, 0.717) is 6.04 Å². The average molecular weight is 295 g/mol. The summed E-state index contributed by atoms with van der Waals surface area (Å²) in [6, 6.07) is 4.72. The highest BCUT2D eigenvalue weighted by atomic mass is 35.5. The largest absolute Gasteiger partial charge is 0.493 e. The lowest BCUT2D eigenvalue weighted by Crippen LogP contribution is -2.42. The zero-order chi connectivity index (χ0) is 13.9. The Morgan fingerprint density at radius 3 is 3.15 bits per heavy atom. The summed E-state index contributed by atoms with van der Waals surface area (Å²) in [5, 5.41) is 4.40. The van der Waals surface area contributed by atoms with Crippen molar-refractivity contribution >= 4 is 11.6 Å². The molecule has 3 rings (SSSR count). The molecular weight excluding hydrogens is 272 g/mol. The Bertz CT molecular complexity index is 478. The second-order valence-electron chi connectivity index (χ2n) is 5.91. The molecule has 1 saturated heterocycles. The van der Waals surface area contributed by atoms with Gasteiger partial charge in [0.25, 0.3) is 0 Å². The first-order valence-corrected chi connectivity index (χ1v) is 7.97. The fourth-order valence-electron chi connectivity index (χ4n) is 3.25. The molecule has 0 spiro atoms. The normalized spacial score (nSPS) is 22.6. The number of likely N-dealkylation sites (N-methyl/N-ethyl adjacent to an activating group) is 1. The van der Waals surface area contributed by atoms with E-state index in [1.807, 2.05) is 12.1 Å². The van der Waals surface area contributed by atoms with Gasteiger partial charge in [0.15, 0.2) is 0 Å². The van der Waals surface area contributed by atoms with E-state index in [2.05, 4.69) is 17.3 Å². The Morgan fingerprint density at radius 2 is 2.30 bits per heavy atom. The summed E-state index contributed by atoms with van der Waals surface area (Å²) < 4.78 is 5.74. The molecule has 0 aliphatic carbocycles. The smallest absolute Gasteiger partial charge is 0.127 e. The van der Waals surface area contributed by atoms with Crippen molar-refractivity contribution in [2.45, 2.75) is 38.3 Å². The number of fused-ring (bicyclic) bond motifs is 1. The first-order chi connectivity index (χ1) is 9.74. The molecule has 4 heteroatoms. The van der Waals surface area contributed by atoms with Crippen molar-refractivity contribution in [1.82, 2.24) is 10.2 Å². The van der Waals surface area contributed by atoms with Crippen molar-refractivity contribution < 1.29 is 4.74 Å². The van der Waals surface area contributed by atoms with E-state index in [9.17, 15) is 0 Å². The molecule has 1 unspecified atom stereocenters. The molecule has 0 saturated carbocycles. The number of halogens is 1. The molecule has 1 fully saturated rings. The van der Waals surface area contributed by atoms with Crippen LogP contribution in [0.3, 0.4) is 0 Å². The number of hydrogen-bond acceptors (Lipinski definition) is 3. The Labute approximate surface area is 126 Å². The number of piperidine rings is 1. The fourth-order valence-corrected chi connectivity index (χ4v) is 3.52. The van der Waals surface area contributed by atoms with E-state index in [1.54, 1.807) is 0 Å². The summed E-state index contributed by atoms with van der Waals surface area (Å²) in [7, 11) is 2.23. The van der Waals surface area contributed by atoms with Crippen LogP contribution < -0.4 is 10.1 Å². The molecule has 0 bridgehead atoms. The molecule has 1 aromatic carbocycles. The van der Waals surface area contributed by atoms with Gasteiger partial charge in [0.2, 0.25) is 0 Å². The maximum absolute atomic E-state index is 6.19. The Balaban J connectivity index is 1.59. The van der Waals surface area contributed by atoms with Gasteiger partial charge in [0.05, 0.1) is 6.61 Å². The minimum atomic E-state index is 0.664. The van der Waals surface area contributed by atoms with Gasteiger partial charge in [-0.3, -0.25) is 0 Å². The van der Waals surface area contributed by atoms with Crippen molar-refractivity contribution in [3.63, 3.8) is 0 Å². The second-order valence-corrected chi connectivity index (χ2v) is 6.35. The molecule has 0 radical (unpaired) electrons. The quantitative estimate of drug-likeness (QED) is 0.924. The van der Waals surface area contributed by atoms with Crippen molar-refractivity contribution in [2.75, 3.05) is 26.7 Å². The van der Waals surface area contributed by atoms with Gasteiger partial charge in [-0.25, -0.2) is 0 Å². The molecule has 1 atom stereocenters. The second kappa shape index (κ2) is 6.33. The van der Waals surface area contributed by atoms with Crippen molar-refractivity contribution in [3.8, 4) is 5.75 Å². The van der Waals surface area contributed by atoms with Crippen LogP contribution in [-0.2, 0) is 13.0 Å². The average Bonchev–Trinajstić information content (AvgIpc) is 2.89. The standard InChI is InChI=1S/C16H23ClN2O/c1-19-6-3-2-4-15(19)11-18-10-13-9-14(17)8-12-5-7-20-16(12)13/h8-9,15,18H,2-7,10-11H2,1H3. The summed E-state index contributed by atoms with van der Waals surface area (Å²) in [4.78, 5) is 2.47. The first kappa shape index (κ1) is 14.2. The van der Waals surface area contributed by atoms with E-state index in [-0.39, 0.29) is 0 Å². The number of ether oxygens (including phenoxy) is 1. The minimum Gasteiger partial charge on any atom is -0.493 e. The maximum atomic E-state index is 6.19. The third kappa shape index (κ3) is 3.11. The number of likely N-dealkylation sites (tertiary alicyclic amines) is 1. The van der Waals surface area contributed by atoms with E-state index >= 15 is 0 Å². The molecule has 1 aromatic rings. The van der Waals surface area contributed by atoms with Crippen molar-refractivity contribution in [2.24, 2.45) is 0 Å². The van der Waals surface area contributed by atoms with Crippen molar-refractivity contribution in [3.05, 3.63) is 28.3 Å². The summed E-state index contributed by atoms with van der Waals surface area (Å²) in [5.41, 5.74) is 2.45. The van der Waals surface area contributed by atoms with Crippen LogP contribution in [0.2, 0.25) is 5.02 Å². The molecule has 3 nitrogen and oxygen atoms in total. The minimum absolute atomic E-state index is 0.664. The summed E-state index contributed by atoms with van der Waals surface area (Å²) in [6.07, 6.45) is 4.97. The molecular formula is C16H23ClN2O. The van der Waals surface area contributed by atoms with Crippen LogP contribution in [0.1, 0.15) is 30.4 Å². The summed E-state index contributed by atoms with van der Waals surface area (Å²) in [5.74, 6) is 1.05. The zero-order valence-corrected chi connectivity index (χ0v) is 12.9. The number of benzene rings is 1. The van der Waals surface area contributed by atoms with Crippen LogP contribution in [-0.4, -0.2) is 37.7 Å². The first-order valence-electron chi connectivity index (χ1n) is 7.59. The van der Waals surface area contributed by atoms with Crippen LogP contribution in [0.5, 0.6) is 5.75 Å². The molecule has 2 aliphatic heterocycles. The molecule has 20 heavy (non-hydrogen) atoms. The third-order valence-corrected chi connectivity index (χ3v) is 4.66. The van der Waals surface area contributed by atoms with Gasteiger partial charge < -0.3 is 15.0 Å². The highest BCUT2D eigenvalue weighted by Crippen LogP contribution is 2.32. The van der Waals surface area contributed by atoms with Crippen LogP contribution in [0, 0.1) is 0 Å². The van der Waals surface area contributed by atoms with Gasteiger partial charge in [0, 0.05) is 36.1 Å². The SMILES string of the molecule is CN1CCCCC1CNCc1cc(Cl)cc2c1OCC2. The van der Waals surface area contributed by atoms with Gasteiger partial charge in [-0.15, -0.1) is 0 Å². The summed E-state index contributed by atoms with van der Waals surface area (Å²) >= 11 is 6.19. The molecule has 110 valence electrons. The monoisotopic (exact) mass is 294 g/mol. The van der Waals surface area contributed by atoms with Crippen molar-refractivity contribution in [1.29, 1.82) is 0 Å². The Morgan fingerprint density at radius 1 is 1.40 bits per heavy atom. The van der Waals surface area contributed by atoms with E-state index < -0.39 is 0 Å². The molecule has 0 aromatic heterocycles. The number of nitrogens with one attached hydrogen (secondary N) is 1. The number of rotatable bonds is 4. The highest BCUT2D eigenvalue weighted by Gasteiger charge is 2.20. The van der Waals surface area contributed by atoms with Gasteiger partial charge >= 0.3 is 0 Å². The Hall–Kier alpha value is -0.770. The van der Waals surface area contributed by atoms with Crippen LogP contribution in [0.15, 0.2) is 12.1 Å². The van der Waals surface area contributed by atoms with Gasteiger partial charge in [-0.05, 0) is 44.1 Å². The third-order valence-electron chi connectivity index (χ3n) is 4.44. The van der Waals surface area contributed by atoms with Gasteiger partial charge in [-0.1, -0.05) is 18.0 Å². The van der Waals surface area contributed by atoms with Crippen LogP contribution in [0.25, 0.3) is 0 Å². The topological polar surface area (TPSA) is 24.5 Å². The molecule has 2 heterocycles. The lowest BCUT2D eigenvalue weighted by molar-refractivity contribution is 0.181. The lowest BCUT2D eigenvalue weighted by Gasteiger charge is -2.32. The van der Waals surface area contributed by atoms with Gasteiger partial charge in [0.1, 0.15) is 5.75 Å². The van der Waals surface area contributed by atoms with E-state index in [1.165, 1.54) is 36.9 Å². The van der Waals surface area contributed by atoms with Crippen LogP contribution in [0.4, 0.5) is 0 Å². The van der Waals surface area contributed by atoms with E-state index in [4.69, 9.17) is 16.3 Å². The molecule has 0 amide bonds. The van der Waals surface area contributed by atoms with E-state index in [0.717, 1.165) is 36.9 Å². The predicted molar refractivity (Wildman–Crippen MR) is 82.6 cm³/mol. The molecule has 2 aliphatic rings. The highest BCUT2D eigenvalue weighted by molar-refractivity contribution is 6.30. The van der Waals surface area contributed by atoms with Gasteiger partial charge in [-0.2, -0.15) is 0 Å². The maximum Gasteiger partial charge on any atom is 0.127 e. The molecule has 1 N–H and O–H groups in total.